The summed E-state index contributed by atoms with van der Waals surface area (Å²) in [6, 6.07) is 15.2. The van der Waals surface area contributed by atoms with Crippen molar-refractivity contribution >= 4 is 23.1 Å². The first-order valence-electron chi connectivity index (χ1n) is 6.81. The number of benzene rings is 2. The summed E-state index contributed by atoms with van der Waals surface area (Å²) in [4.78, 5) is 11.9. The second-order valence-corrected chi connectivity index (χ2v) is 4.85. The Morgan fingerprint density at radius 1 is 1.00 bits per heavy atom. The average Bonchev–Trinajstić information content (AvgIpc) is 2.48. The molecular formula is C16H17N3O. The highest BCUT2D eigenvalue weighted by Crippen LogP contribution is 2.25. The Labute approximate surface area is 118 Å². The van der Waals surface area contributed by atoms with Gasteiger partial charge in [0, 0.05) is 23.6 Å². The maximum Gasteiger partial charge on any atom is 0.323 e. The Morgan fingerprint density at radius 3 is 2.65 bits per heavy atom. The molecule has 0 bridgehead atoms. The Bertz CT molecular complexity index is 610. The Kier molecular flexibility index (Phi) is 3.54. The molecule has 2 aromatic rings. The van der Waals surface area contributed by atoms with Crippen LogP contribution in [0.4, 0.5) is 21.9 Å². The zero-order valence-electron chi connectivity index (χ0n) is 11.1. The van der Waals surface area contributed by atoms with Gasteiger partial charge >= 0.3 is 6.03 Å². The third kappa shape index (κ3) is 2.91. The fourth-order valence-corrected chi connectivity index (χ4v) is 2.35. The number of para-hydroxylation sites is 1. The predicted molar refractivity (Wildman–Crippen MR) is 82.3 cm³/mol. The van der Waals surface area contributed by atoms with E-state index >= 15 is 0 Å². The molecule has 0 saturated carbocycles. The molecule has 3 rings (SSSR count). The third-order valence-corrected chi connectivity index (χ3v) is 3.34. The van der Waals surface area contributed by atoms with Gasteiger partial charge in [-0.1, -0.05) is 24.3 Å². The van der Waals surface area contributed by atoms with Crippen molar-refractivity contribution in [3.05, 3.63) is 54.1 Å². The first-order chi connectivity index (χ1) is 9.81. The number of aryl methyl sites for hydroxylation is 1. The van der Waals surface area contributed by atoms with E-state index in [1.54, 1.807) is 0 Å². The van der Waals surface area contributed by atoms with Crippen molar-refractivity contribution in [1.82, 2.24) is 0 Å². The number of carbonyl (C=O) groups is 1. The zero-order valence-corrected chi connectivity index (χ0v) is 11.1. The SMILES string of the molecule is O=C(Nc1ccccc1)Nc1ccc2c(c1)NCCC2. The highest BCUT2D eigenvalue weighted by molar-refractivity contribution is 6.00. The van der Waals surface area contributed by atoms with Crippen LogP contribution in [0.2, 0.25) is 0 Å². The first-order valence-corrected chi connectivity index (χ1v) is 6.81. The van der Waals surface area contributed by atoms with E-state index in [0.29, 0.717) is 0 Å². The van der Waals surface area contributed by atoms with E-state index in [0.717, 1.165) is 36.4 Å². The van der Waals surface area contributed by atoms with Crippen LogP contribution in [0.1, 0.15) is 12.0 Å². The summed E-state index contributed by atoms with van der Waals surface area (Å²) >= 11 is 0. The minimum atomic E-state index is -0.230. The van der Waals surface area contributed by atoms with Crippen molar-refractivity contribution < 1.29 is 4.79 Å². The van der Waals surface area contributed by atoms with Crippen LogP contribution in [-0.4, -0.2) is 12.6 Å². The molecule has 0 aromatic heterocycles. The fraction of sp³-hybridized carbons (Fsp3) is 0.188. The molecule has 0 spiro atoms. The van der Waals surface area contributed by atoms with Gasteiger partial charge in [-0.2, -0.15) is 0 Å². The lowest BCUT2D eigenvalue weighted by atomic mass is 10.0. The molecule has 102 valence electrons. The van der Waals surface area contributed by atoms with E-state index in [-0.39, 0.29) is 6.03 Å². The van der Waals surface area contributed by atoms with E-state index < -0.39 is 0 Å². The molecule has 0 unspecified atom stereocenters. The van der Waals surface area contributed by atoms with Gasteiger partial charge in [0.25, 0.3) is 0 Å². The van der Waals surface area contributed by atoms with Crippen molar-refractivity contribution in [3.63, 3.8) is 0 Å². The number of rotatable bonds is 2. The molecule has 4 heteroatoms. The number of nitrogens with one attached hydrogen (secondary N) is 3. The van der Waals surface area contributed by atoms with Gasteiger partial charge in [-0.3, -0.25) is 0 Å². The van der Waals surface area contributed by atoms with E-state index in [1.807, 2.05) is 42.5 Å². The average molecular weight is 267 g/mol. The smallest absolute Gasteiger partial charge is 0.323 e. The summed E-state index contributed by atoms with van der Waals surface area (Å²) < 4.78 is 0. The molecule has 0 fully saturated rings. The van der Waals surface area contributed by atoms with Crippen molar-refractivity contribution in [2.75, 3.05) is 22.5 Å². The highest BCUT2D eigenvalue weighted by atomic mass is 16.2. The van der Waals surface area contributed by atoms with Gasteiger partial charge in [-0.25, -0.2) is 4.79 Å². The van der Waals surface area contributed by atoms with Gasteiger partial charge in [-0.05, 0) is 42.7 Å². The lowest BCUT2D eigenvalue weighted by Crippen LogP contribution is -2.20. The van der Waals surface area contributed by atoms with Gasteiger partial charge in [0.1, 0.15) is 0 Å². The van der Waals surface area contributed by atoms with E-state index in [4.69, 9.17) is 0 Å². The largest absolute Gasteiger partial charge is 0.385 e. The van der Waals surface area contributed by atoms with Gasteiger partial charge in [0.2, 0.25) is 0 Å². The Hall–Kier alpha value is -2.49. The molecule has 4 nitrogen and oxygen atoms in total. The topological polar surface area (TPSA) is 53.2 Å². The van der Waals surface area contributed by atoms with Crippen molar-refractivity contribution in [2.45, 2.75) is 12.8 Å². The molecule has 3 N–H and O–H groups in total. The zero-order chi connectivity index (χ0) is 13.8. The summed E-state index contributed by atoms with van der Waals surface area (Å²) in [6.07, 6.45) is 2.26. The van der Waals surface area contributed by atoms with Gasteiger partial charge in [-0.15, -0.1) is 0 Å². The summed E-state index contributed by atoms with van der Waals surface area (Å²) in [6.45, 7) is 0.993. The summed E-state index contributed by atoms with van der Waals surface area (Å²) in [7, 11) is 0. The number of urea groups is 1. The molecule has 1 aliphatic heterocycles. The molecule has 0 saturated heterocycles. The Balaban J connectivity index is 1.67. The lowest BCUT2D eigenvalue weighted by Gasteiger charge is -2.19. The molecule has 0 aliphatic carbocycles. The second kappa shape index (κ2) is 5.65. The van der Waals surface area contributed by atoms with Crippen LogP contribution < -0.4 is 16.0 Å². The van der Waals surface area contributed by atoms with Crippen LogP contribution in [-0.2, 0) is 6.42 Å². The number of anilines is 3. The minimum absolute atomic E-state index is 0.230. The van der Waals surface area contributed by atoms with Crippen LogP contribution in [0.25, 0.3) is 0 Å². The maximum absolute atomic E-state index is 11.9. The summed E-state index contributed by atoms with van der Waals surface area (Å²) in [5.74, 6) is 0. The number of amides is 2. The quantitative estimate of drug-likeness (QED) is 0.777. The standard InChI is InChI=1S/C16H17N3O/c20-16(18-13-6-2-1-3-7-13)19-14-9-8-12-5-4-10-17-15(12)11-14/h1-3,6-9,11,17H,4-5,10H2,(H2,18,19,20). The molecular weight excluding hydrogens is 250 g/mol. The summed E-state index contributed by atoms with van der Waals surface area (Å²) in [5, 5.41) is 9.00. The predicted octanol–water partition coefficient (Wildman–Crippen LogP) is 3.69. The lowest BCUT2D eigenvalue weighted by molar-refractivity contribution is 0.262. The monoisotopic (exact) mass is 267 g/mol. The molecule has 1 aliphatic rings. The normalized spacial score (nSPS) is 13.0. The second-order valence-electron chi connectivity index (χ2n) is 4.85. The van der Waals surface area contributed by atoms with Gasteiger partial charge in [0.05, 0.1) is 0 Å². The van der Waals surface area contributed by atoms with Crippen LogP contribution in [0, 0.1) is 0 Å². The fourth-order valence-electron chi connectivity index (χ4n) is 2.35. The number of carbonyl (C=O) groups excluding carboxylic acids is 1. The first kappa shape index (κ1) is 12.5. The number of hydrogen-bond acceptors (Lipinski definition) is 2. The van der Waals surface area contributed by atoms with Gasteiger partial charge in [0.15, 0.2) is 0 Å². The van der Waals surface area contributed by atoms with E-state index in [1.165, 1.54) is 5.56 Å². The van der Waals surface area contributed by atoms with Crippen LogP contribution in [0.15, 0.2) is 48.5 Å². The summed E-state index contributed by atoms with van der Waals surface area (Å²) in [5.41, 5.74) is 4.01. The van der Waals surface area contributed by atoms with E-state index in [2.05, 4.69) is 22.0 Å². The Morgan fingerprint density at radius 2 is 1.80 bits per heavy atom. The molecule has 20 heavy (non-hydrogen) atoms. The molecule has 0 atom stereocenters. The number of hydrogen-bond donors (Lipinski definition) is 3. The molecule has 1 heterocycles. The van der Waals surface area contributed by atoms with Crippen molar-refractivity contribution in [3.8, 4) is 0 Å². The van der Waals surface area contributed by atoms with Crippen LogP contribution >= 0.6 is 0 Å². The van der Waals surface area contributed by atoms with Crippen molar-refractivity contribution in [2.24, 2.45) is 0 Å². The van der Waals surface area contributed by atoms with Crippen molar-refractivity contribution in [1.29, 1.82) is 0 Å². The molecule has 0 radical (unpaired) electrons. The minimum Gasteiger partial charge on any atom is -0.385 e. The third-order valence-electron chi connectivity index (χ3n) is 3.34. The van der Waals surface area contributed by atoms with Crippen LogP contribution in [0.3, 0.4) is 0 Å². The van der Waals surface area contributed by atoms with Crippen LogP contribution in [0.5, 0.6) is 0 Å². The van der Waals surface area contributed by atoms with Gasteiger partial charge < -0.3 is 16.0 Å². The molecule has 2 aromatic carbocycles. The maximum atomic E-state index is 11.9. The van der Waals surface area contributed by atoms with E-state index in [9.17, 15) is 4.79 Å². The molecule has 2 amide bonds. The highest BCUT2D eigenvalue weighted by Gasteiger charge is 2.10. The number of fused-ring (bicyclic) bond motifs is 1.